The van der Waals surface area contributed by atoms with Crippen LogP contribution in [-0.2, 0) is 0 Å². The van der Waals surface area contributed by atoms with E-state index in [1.165, 1.54) is 12.1 Å². The van der Waals surface area contributed by atoms with Gasteiger partial charge in [-0.1, -0.05) is 18.2 Å². The smallest absolute Gasteiger partial charge is 0.272 e. The molecule has 0 saturated heterocycles. The minimum atomic E-state index is -1.37. The van der Waals surface area contributed by atoms with E-state index in [0.29, 0.717) is 11.1 Å². The summed E-state index contributed by atoms with van der Waals surface area (Å²) < 4.78 is 27.3. The Morgan fingerprint density at radius 1 is 1.21 bits per heavy atom. The van der Waals surface area contributed by atoms with Crippen molar-refractivity contribution in [3.05, 3.63) is 74.8 Å². The van der Waals surface area contributed by atoms with Crippen molar-refractivity contribution in [2.45, 2.75) is 26.0 Å². The van der Waals surface area contributed by atoms with Gasteiger partial charge in [0.25, 0.3) is 5.69 Å². The van der Waals surface area contributed by atoms with Gasteiger partial charge in [-0.05, 0) is 31.5 Å². The molecule has 24 heavy (non-hydrogen) atoms. The van der Waals surface area contributed by atoms with Crippen molar-refractivity contribution >= 4 is 5.69 Å². The first-order valence-corrected chi connectivity index (χ1v) is 7.42. The largest absolute Gasteiger partial charge is 0.387 e. The van der Waals surface area contributed by atoms with Gasteiger partial charge >= 0.3 is 0 Å². The lowest BCUT2D eigenvalue weighted by atomic mass is 10.0. The molecule has 0 aliphatic rings. The highest BCUT2D eigenvalue weighted by Gasteiger charge is 2.20. The van der Waals surface area contributed by atoms with Crippen molar-refractivity contribution < 1.29 is 18.8 Å². The minimum Gasteiger partial charge on any atom is -0.387 e. The van der Waals surface area contributed by atoms with E-state index in [9.17, 15) is 24.0 Å². The first-order chi connectivity index (χ1) is 11.3. The molecule has 2 atom stereocenters. The zero-order valence-electron chi connectivity index (χ0n) is 13.3. The van der Waals surface area contributed by atoms with E-state index >= 15 is 0 Å². The van der Waals surface area contributed by atoms with Crippen molar-refractivity contribution in [1.82, 2.24) is 5.32 Å². The standard InChI is InChI=1S/C17H18F2N2O3/c1-10-12(5-3-8-15(10)21(23)24)11(2)20-9-16(22)17-13(18)6-4-7-14(17)19/h3-8,11,16,20,22H,9H2,1-2H3. The highest BCUT2D eigenvalue weighted by atomic mass is 19.1. The van der Waals surface area contributed by atoms with Crippen LogP contribution in [0.15, 0.2) is 36.4 Å². The summed E-state index contributed by atoms with van der Waals surface area (Å²) in [5, 5.41) is 24.0. The van der Waals surface area contributed by atoms with E-state index in [0.717, 1.165) is 12.1 Å². The van der Waals surface area contributed by atoms with Gasteiger partial charge < -0.3 is 10.4 Å². The molecule has 0 saturated carbocycles. The molecule has 0 aliphatic heterocycles. The second-order valence-corrected chi connectivity index (χ2v) is 5.53. The zero-order chi connectivity index (χ0) is 17.9. The first-order valence-electron chi connectivity index (χ1n) is 7.42. The molecule has 128 valence electrons. The molecule has 0 amide bonds. The summed E-state index contributed by atoms with van der Waals surface area (Å²) in [6.07, 6.45) is -1.37. The number of hydrogen-bond acceptors (Lipinski definition) is 4. The first kappa shape index (κ1) is 18.0. The average molecular weight is 336 g/mol. The van der Waals surface area contributed by atoms with Crippen LogP contribution in [0.3, 0.4) is 0 Å². The summed E-state index contributed by atoms with van der Waals surface area (Å²) >= 11 is 0. The van der Waals surface area contributed by atoms with Gasteiger partial charge in [-0.15, -0.1) is 0 Å². The Hall–Kier alpha value is -2.38. The number of aliphatic hydroxyl groups excluding tert-OH is 1. The number of aliphatic hydroxyl groups is 1. The lowest BCUT2D eigenvalue weighted by molar-refractivity contribution is -0.385. The quantitative estimate of drug-likeness (QED) is 0.625. The fourth-order valence-electron chi connectivity index (χ4n) is 2.64. The van der Waals surface area contributed by atoms with E-state index in [1.54, 1.807) is 26.0 Å². The highest BCUT2D eigenvalue weighted by molar-refractivity contribution is 5.45. The Balaban J connectivity index is 2.12. The van der Waals surface area contributed by atoms with Crippen LogP contribution < -0.4 is 5.32 Å². The summed E-state index contributed by atoms with van der Waals surface area (Å²) in [4.78, 5) is 10.5. The number of nitrogens with one attached hydrogen (secondary N) is 1. The van der Waals surface area contributed by atoms with Crippen LogP contribution in [0.25, 0.3) is 0 Å². The molecule has 2 rings (SSSR count). The summed E-state index contributed by atoms with van der Waals surface area (Å²) in [6.45, 7) is 3.30. The number of nitro benzene ring substituents is 1. The molecule has 0 spiro atoms. The third kappa shape index (κ3) is 3.74. The van der Waals surface area contributed by atoms with Crippen LogP contribution in [0.1, 0.15) is 35.8 Å². The van der Waals surface area contributed by atoms with Gasteiger partial charge in [0.05, 0.1) is 16.6 Å². The molecule has 0 aromatic heterocycles. The second kappa shape index (κ2) is 7.46. The summed E-state index contributed by atoms with van der Waals surface area (Å²) in [7, 11) is 0. The topological polar surface area (TPSA) is 75.4 Å². The van der Waals surface area contributed by atoms with E-state index in [-0.39, 0.29) is 18.3 Å². The Morgan fingerprint density at radius 3 is 2.38 bits per heavy atom. The van der Waals surface area contributed by atoms with Crippen molar-refractivity contribution in [3.8, 4) is 0 Å². The van der Waals surface area contributed by atoms with Crippen molar-refractivity contribution in [2.24, 2.45) is 0 Å². The molecule has 7 heteroatoms. The molecule has 0 radical (unpaired) electrons. The van der Waals surface area contributed by atoms with Gasteiger partial charge in [0.15, 0.2) is 0 Å². The van der Waals surface area contributed by atoms with E-state index in [4.69, 9.17) is 0 Å². The second-order valence-electron chi connectivity index (χ2n) is 5.53. The molecule has 2 N–H and O–H groups in total. The highest BCUT2D eigenvalue weighted by Crippen LogP contribution is 2.26. The van der Waals surface area contributed by atoms with Gasteiger partial charge in [0.1, 0.15) is 11.6 Å². The fraction of sp³-hybridized carbons (Fsp3) is 0.294. The maximum absolute atomic E-state index is 13.7. The van der Waals surface area contributed by atoms with Gasteiger partial charge in [-0.25, -0.2) is 8.78 Å². The molecule has 0 aliphatic carbocycles. The number of nitrogens with zero attached hydrogens (tertiary/aromatic N) is 1. The third-order valence-corrected chi connectivity index (χ3v) is 3.96. The average Bonchev–Trinajstić information content (AvgIpc) is 2.52. The molecule has 2 unspecified atom stereocenters. The van der Waals surface area contributed by atoms with Gasteiger partial charge in [0.2, 0.25) is 0 Å². The van der Waals surface area contributed by atoms with E-state index in [2.05, 4.69) is 5.32 Å². The summed E-state index contributed by atoms with van der Waals surface area (Å²) in [5.41, 5.74) is 0.800. The number of benzene rings is 2. The van der Waals surface area contributed by atoms with Gasteiger partial charge in [-0.3, -0.25) is 10.1 Å². The Kier molecular flexibility index (Phi) is 5.58. The van der Waals surface area contributed by atoms with Crippen LogP contribution in [0, 0.1) is 28.7 Å². The molecule has 5 nitrogen and oxygen atoms in total. The SMILES string of the molecule is Cc1c(C(C)NCC(O)c2c(F)cccc2F)cccc1[N+](=O)[O-]. The Labute approximate surface area is 138 Å². The lowest BCUT2D eigenvalue weighted by Gasteiger charge is -2.19. The molecule has 2 aromatic rings. The summed E-state index contributed by atoms with van der Waals surface area (Å²) in [5.74, 6) is -1.63. The third-order valence-electron chi connectivity index (χ3n) is 3.96. The van der Waals surface area contributed by atoms with E-state index in [1.807, 2.05) is 0 Å². The lowest BCUT2D eigenvalue weighted by Crippen LogP contribution is -2.26. The van der Waals surface area contributed by atoms with Crippen molar-refractivity contribution in [1.29, 1.82) is 0 Å². The van der Waals surface area contributed by atoms with Gasteiger partial charge in [0, 0.05) is 24.2 Å². The minimum absolute atomic E-state index is 0.00171. The Bertz CT molecular complexity index is 732. The predicted octanol–water partition coefficient (Wildman–Crippen LogP) is 3.57. The maximum Gasteiger partial charge on any atom is 0.272 e. The predicted molar refractivity (Wildman–Crippen MR) is 85.6 cm³/mol. The molecule has 0 heterocycles. The fourth-order valence-corrected chi connectivity index (χ4v) is 2.64. The number of nitro groups is 1. The molecular formula is C17H18F2N2O3. The van der Waals surface area contributed by atoms with Crippen LogP contribution in [-0.4, -0.2) is 16.6 Å². The van der Waals surface area contributed by atoms with Crippen molar-refractivity contribution in [2.75, 3.05) is 6.54 Å². The molecular weight excluding hydrogens is 318 g/mol. The van der Waals surface area contributed by atoms with Crippen LogP contribution in [0.4, 0.5) is 14.5 Å². The van der Waals surface area contributed by atoms with Gasteiger partial charge in [-0.2, -0.15) is 0 Å². The van der Waals surface area contributed by atoms with Crippen molar-refractivity contribution in [3.63, 3.8) is 0 Å². The zero-order valence-corrected chi connectivity index (χ0v) is 13.3. The molecule has 0 fully saturated rings. The Morgan fingerprint density at radius 2 is 1.79 bits per heavy atom. The molecule has 0 bridgehead atoms. The van der Waals surface area contributed by atoms with Crippen LogP contribution >= 0.6 is 0 Å². The monoisotopic (exact) mass is 336 g/mol. The van der Waals surface area contributed by atoms with E-state index < -0.39 is 28.2 Å². The van der Waals surface area contributed by atoms with Crippen LogP contribution in [0.2, 0.25) is 0 Å². The maximum atomic E-state index is 13.7. The number of hydrogen-bond donors (Lipinski definition) is 2. The summed E-state index contributed by atoms with van der Waals surface area (Å²) in [6, 6.07) is 7.76. The number of rotatable bonds is 6. The van der Waals surface area contributed by atoms with Crippen LogP contribution in [0.5, 0.6) is 0 Å². The normalized spacial score (nSPS) is 13.5. The number of halogens is 2. The molecule has 2 aromatic carbocycles.